The number of carbonyl (C=O) groups is 1. The Morgan fingerprint density at radius 1 is 0.763 bits per heavy atom. The molecule has 0 radical (unpaired) electrons. The van der Waals surface area contributed by atoms with Crippen LogP contribution in [0.15, 0.2) is 0 Å². The summed E-state index contributed by atoms with van der Waals surface area (Å²) in [5, 5.41) is 0. The Bertz CT molecular complexity index is 651. The summed E-state index contributed by atoms with van der Waals surface area (Å²) in [5.41, 5.74) is 0. The molecule has 3 fully saturated rings. The molecule has 0 aromatic rings. The van der Waals surface area contributed by atoms with Gasteiger partial charge >= 0.3 is 6.09 Å². The van der Waals surface area contributed by atoms with Crippen molar-refractivity contribution in [1.29, 1.82) is 0 Å². The number of rotatable bonds is 15. The second kappa shape index (κ2) is 17.7. The molecule has 1 amide bonds. The fourth-order valence-electron chi connectivity index (χ4n) is 6.73. The molecule has 0 saturated carbocycles. The van der Waals surface area contributed by atoms with E-state index in [-0.39, 0.29) is 24.6 Å². The molecule has 222 valence electrons. The molecule has 0 bridgehead atoms. The molecule has 3 rings (SSSR count). The number of ether oxygens (including phenoxy) is 3. The Morgan fingerprint density at radius 3 is 2.00 bits per heavy atom. The van der Waals surface area contributed by atoms with Gasteiger partial charge in [-0.2, -0.15) is 0 Å². The first-order chi connectivity index (χ1) is 18.6. The number of nitrogens with zero attached hydrogens (tertiary/aromatic N) is 3. The summed E-state index contributed by atoms with van der Waals surface area (Å²) in [7, 11) is 0. The minimum Gasteiger partial charge on any atom is -0.449 e. The number of hydrogen-bond donors (Lipinski definition) is 0. The van der Waals surface area contributed by atoms with Gasteiger partial charge in [0.25, 0.3) is 0 Å². The quantitative estimate of drug-likeness (QED) is 0.237. The van der Waals surface area contributed by atoms with Gasteiger partial charge in [0.1, 0.15) is 12.5 Å². The van der Waals surface area contributed by atoms with Gasteiger partial charge in [0.2, 0.25) is 0 Å². The Balaban J connectivity index is 1.70. The SMILES string of the molecule is CCCCC(CC)C1OCCN1CCN1C(=O)OCCCCCCC1CN1CCOC1C(CC)CCCC. The highest BCUT2D eigenvalue weighted by atomic mass is 16.6. The van der Waals surface area contributed by atoms with Gasteiger partial charge in [-0.25, -0.2) is 4.79 Å². The van der Waals surface area contributed by atoms with Gasteiger partial charge in [-0.3, -0.25) is 9.80 Å². The van der Waals surface area contributed by atoms with Crippen molar-refractivity contribution in [3.63, 3.8) is 0 Å². The lowest BCUT2D eigenvalue weighted by Crippen LogP contribution is -2.52. The van der Waals surface area contributed by atoms with Crippen LogP contribution in [-0.4, -0.2) is 91.8 Å². The van der Waals surface area contributed by atoms with Gasteiger partial charge in [0, 0.05) is 38.8 Å². The van der Waals surface area contributed by atoms with Crippen molar-refractivity contribution < 1.29 is 19.0 Å². The molecule has 3 aliphatic rings. The molecular formula is C31H59N3O4. The van der Waals surface area contributed by atoms with Crippen molar-refractivity contribution in [3.05, 3.63) is 0 Å². The Kier molecular flexibility index (Phi) is 14.8. The van der Waals surface area contributed by atoms with E-state index in [0.29, 0.717) is 25.0 Å². The molecule has 3 aliphatic heterocycles. The Labute approximate surface area is 233 Å². The topological polar surface area (TPSA) is 54.5 Å². The number of unbranched alkanes of at least 4 members (excludes halogenated alkanes) is 2. The molecule has 38 heavy (non-hydrogen) atoms. The molecule has 0 spiro atoms. The van der Waals surface area contributed by atoms with Gasteiger partial charge in [-0.05, 0) is 50.4 Å². The van der Waals surface area contributed by atoms with Gasteiger partial charge in [0.05, 0.1) is 19.8 Å². The molecule has 0 aromatic carbocycles. The smallest absolute Gasteiger partial charge is 0.410 e. The van der Waals surface area contributed by atoms with Gasteiger partial charge in [-0.1, -0.05) is 72.6 Å². The zero-order valence-electron chi connectivity index (χ0n) is 25.2. The van der Waals surface area contributed by atoms with Crippen molar-refractivity contribution >= 4 is 6.09 Å². The average Bonchev–Trinajstić information content (AvgIpc) is 3.59. The zero-order chi connectivity index (χ0) is 27.2. The standard InChI is InChI=1S/C31H59N3O4/c1-5-9-15-26(7-3)29-32(20-23-36-29)18-19-34-28(17-13-11-12-14-22-38-31(34)35)25-33-21-24-37-30(33)27(8-4)16-10-6-2/h26-30H,5-25H2,1-4H3. The van der Waals surface area contributed by atoms with E-state index in [1.165, 1.54) is 51.4 Å². The normalized spacial score (nSPS) is 27.9. The van der Waals surface area contributed by atoms with Crippen LogP contribution in [0, 0.1) is 11.8 Å². The molecule has 7 nitrogen and oxygen atoms in total. The monoisotopic (exact) mass is 537 g/mol. The molecule has 3 saturated heterocycles. The fourth-order valence-corrected chi connectivity index (χ4v) is 6.73. The van der Waals surface area contributed by atoms with Gasteiger partial charge < -0.3 is 19.1 Å². The van der Waals surface area contributed by atoms with Crippen LogP contribution < -0.4 is 0 Å². The number of carbonyl (C=O) groups excluding carboxylic acids is 1. The van der Waals surface area contributed by atoms with E-state index in [0.717, 1.165) is 71.5 Å². The maximum absolute atomic E-state index is 13.5. The van der Waals surface area contributed by atoms with Crippen molar-refractivity contribution in [2.24, 2.45) is 11.8 Å². The molecule has 0 N–H and O–H groups in total. The average molecular weight is 538 g/mol. The van der Waals surface area contributed by atoms with Crippen molar-refractivity contribution in [2.75, 3.05) is 52.5 Å². The molecule has 5 unspecified atom stereocenters. The second-order valence-electron chi connectivity index (χ2n) is 11.8. The maximum Gasteiger partial charge on any atom is 0.410 e. The molecular weight excluding hydrogens is 478 g/mol. The number of cyclic esters (lactones) is 1. The van der Waals surface area contributed by atoms with Crippen LogP contribution >= 0.6 is 0 Å². The predicted molar refractivity (Wildman–Crippen MR) is 154 cm³/mol. The van der Waals surface area contributed by atoms with E-state index >= 15 is 0 Å². The zero-order valence-corrected chi connectivity index (χ0v) is 25.2. The number of hydrogen-bond acceptors (Lipinski definition) is 6. The summed E-state index contributed by atoms with van der Waals surface area (Å²) >= 11 is 0. The van der Waals surface area contributed by atoms with Crippen molar-refractivity contribution in [3.8, 4) is 0 Å². The molecule has 0 aliphatic carbocycles. The van der Waals surface area contributed by atoms with Gasteiger partial charge in [-0.15, -0.1) is 0 Å². The van der Waals surface area contributed by atoms with Crippen LogP contribution in [0.25, 0.3) is 0 Å². The summed E-state index contributed by atoms with van der Waals surface area (Å²) in [6.07, 6.45) is 15.5. The third-order valence-electron chi connectivity index (χ3n) is 9.17. The summed E-state index contributed by atoms with van der Waals surface area (Å²) in [6.45, 7) is 15.6. The first kappa shape index (κ1) is 31.6. The summed E-state index contributed by atoms with van der Waals surface area (Å²) < 4.78 is 18.4. The summed E-state index contributed by atoms with van der Waals surface area (Å²) in [4.78, 5) is 20.6. The predicted octanol–water partition coefficient (Wildman–Crippen LogP) is 6.51. The fraction of sp³-hybridized carbons (Fsp3) is 0.968. The Hall–Kier alpha value is -0.890. The third-order valence-corrected chi connectivity index (χ3v) is 9.17. The number of amides is 1. The lowest BCUT2D eigenvalue weighted by atomic mass is 9.96. The van der Waals surface area contributed by atoms with E-state index in [4.69, 9.17) is 14.2 Å². The minimum atomic E-state index is -0.124. The van der Waals surface area contributed by atoms with E-state index in [1.54, 1.807) is 0 Å². The highest BCUT2D eigenvalue weighted by molar-refractivity contribution is 5.68. The van der Waals surface area contributed by atoms with Crippen LogP contribution in [-0.2, 0) is 14.2 Å². The molecule has 3 heterocycles. The second-order valence-corrected chi connectivity index (χ2v) is 11.8. The lowest BCUT2D eigenvalue weighted by molar-refractivity contribution is -0.0342. The molecule has 5 atom stereocenters. The lowest BCUT2D eigenvalue weighted by Gasteiger charge is -2.38. The first-order valence-electron chi connectivity index (χ1n) is 16.3. The summed E-state index contributed by atoms with van der Waals surface area (Å²) in [6, 6.07) is 0.164. The van der Waals surface area contributed by atoms with Crippen LogP contribution in [0.2, 0.25) is 0 Å². The highest BCUT2D eigenvalue weighted by Crippen LogP contribution is 2.29. The van der Waals surface area contributed by atoms with Crippen LogP contribution in [0.3, 0.4) is 0 Å². The van der Waals surface area contributed by atoms with Crippen molar-refractivity contribution in [1.82, 2.24) is 14.7 Å². The van der Waals surface area contributed by atoms with Crippen molar-refractivity contribution in [2.45, 2.75) is 130 Å². The van der Waals surface area contributed by atoms with E-state index < -0.39 is 0 Å². The van der Waals surface area contributed by atoms with Crippen LogP contribution in [0.1, 0.15) is 111 Å². The van der Waals surface area contributed by atoms with Crippen LogP contribution in [0.4, 0.5) is 4.79 Å². The maximum atomic E-state index is 13.5. The third kappa shape index (κ3) is 9.35. The van der Waals surface area contributed by atoms with Gasteiger partial charge in [0.15, 0.2) is 0 Å². The first-order valence-corrected chi connectivity index (χ1v) is 16.3. The molecule has 7 heteroatoms. The highest BCUT2D eigenvalue weighted by Gasteiger charge is 2.37. The van der Waals surface area contributed by atoms with E-state index in [1.807, 2.05) is 0 Å². The largest absolute Gasteiger partial charge is 0.449 e. The van der Waals surface area contributed by atoms with Crippen LogP contribution in [0.5, 0.6) is 0 Å². The minimum absolute atomic E-state index is 0.124. The van der Waals surface area contributed by atoms with E-state index in [9.17, 15) is 4.79 Å². The summed E-state index contributed by atoms with van der Waals surface area (Å²) in [5.74, 6) is 1.13. The Morgan fingerprint density at radius 2 is 1.37 bits per heavy atom. The van der Waals surface area contributed by atoms with E-state index in [2.05, 4.69) is 42.4 Å². The molecule has 0 aromatic heterocycles.